The van der Waals surface area contributed by atoms with Crippen LogP contribution in [0.15, 0.2) is 24.3 Å². The maximum absolute atomic E-state index is 12.3. The van der Waals surface area contributed by atoms with E-state index in [4.69, 9.17) is 5.73 Å². The molecule has 1 aromatic rings. The smallest absolute Gasteiger partial charge is 0.248 e. The highest BCUT2D eigenvalue weighted by molar-refractivity contribution is 5.92. The zero-order valence-corrected chi connectivity index (χ0v) is 11.8. The molecule has 5 nitrogen and oxygen atoms in total. The second kappa shape index (κ2) is 6.52. The highest BCUT2D eigenvalue weighted by Gasteiger charge is 2.23. The first kappa shape index (κ1) is 14.5. The molecule has 0 unspecified atom stereocenters. The summed E-state index contributed by atoms with van der Waals surface area (Å²) < 4.78 is 0. The Morgan fingerprint density at radius 1 is 1.35 bits per heavy atom. The summed E-state index contributed by atoms with van der Waals surface area (Å²) in [6.45, 7) is 2.32. The molecule has 2 amide bonds. The molecule has 1 aliphatic heterocycles. The zero-order chi connectivity index (χ0) is 14.5. The number of nitrogens with one attached hydrogen (secondary N) is 1. The van der Waals surface area contributed by atoms with Crippen LogP contribution in [0.25, 0.3) is 0 Å². The zero-order valence-electron chi connectivity index (χ0n) is 11.8. The Kier molecular flexibility index (Phi) is 4.74. The van der Waals surface area contributed by atoms with E-state index in [1.54, 1.807) is 17.0 Å². The second-order valence-electron chi connectivity index (χ2n) is 5.30. The molecule has 0 aromatic heterocycles. The van der Waals surface area contributed by atoms with Gasteiger partial charge in [-0.1, -0.05) is 12.1 Å². The minimum Gasteiger partial charge on any atom is -0.366 e. The molecule has 1 heterocycles. The van der Waals surface area contributed by atoms with Crippen LogP contribution in [-0.2, 0) is 11.3 Å². The lowest BCUT2D eigenvalue weighted by Crippen LogP contribution is -2.41. The van der Waals surface area contributed by atoms with Gasteiger partial charge in [0.25, 0.3) is 0 Å². The minimum absolute atomic E-state index is 0.0821. The van der Waals surface area contributed by atoms with Crippen molar-refractivity contribution in [3.63, 3.8) is 0 Å². The lowest BCUT2D eigenvalue weighted by molar-refractivity contribution is -0.135. The average Bonchev–Trinajstić information content (AvgIpc) is 2.48. The normalized spacial score (nSPS) is 18.6. The Bertz CT molecular complexity index is 478. The Balaban J connectivity index is 1.94. The molecule has 0 radical (unpaired) electrons. The van der Waals surface area contributed by atoms with Crippen LogP contribution in [0.2, 0.25) is 0 Å². The van der Waals surface area contributed by atoms with Crippen molar-refractivity contribution in [2.45, 2.75) is 19.4 Å². The third-order valence-electron chi connectivity index (χ3n) is 3.68. The van der Waals surface area contributed by atoms with E-state index in [1.807, 2.05) is 19.2 Å². The van der Waals surface area contributed by atoms with Crippen LogP contribution in [0.5, 0.6) is 0 Å². The standard InChI is InChI=1S/C15H21N3O2/c1-18(15(20)13-3-2-8-17-9-13)10-11-4-6-12(7-5-11)14(16)19/h4-7,13,17H,2-3,8-10H2,1H3,(H2,16,19)/t13-/m1/s1. The van der Waals surface area contributed by atoms with Gasteiger partial charge in [-0.25, -0.2) is 0 Å². The van der Waals surface area contributed by atoms with E-state index in [-0.39, 0.29) is 11.8 Å². The van der Waals surface area contributed by atoms with E-state index >= 15 is 0 Å². The summed E-state index contributed by atoms with van der Waals surface area (Å²) >= 11 is 0. The fourth-order valence-corrected chi connectivity index (χ4v) is 2.50. The summed E-state index contributed by atoms with van der Waals surface area (Å²) in [4.78, 5) is 25.0. The van der Waals surface area contributed by atoms with Gasteiger partial charge in [0.15, 0.2) is 0 Å². The number of hydrogen-bond donors (Lipinski definition) is 2. The molecular weight excluding hydrogens is 254 g/mol. The molecule has 1 atom stereocenters. The predicted molar refractivity (Wildman–Crippen MR) is 77.0 cm³/mol. The summed E-state index contributed by atoms with van der Waals surface area (Å²) in [6.07, 6.45) is 2.01. The van der Waals surface area contributed by atoms with E-state index < -0.39 is 5.91 Å². The van der Waals surface area contributed by atoms with Crippen molar-refractivity contribution in [3.05, 3.63) is 35.4 Å². The van der Waals surface area contributed by atoms with Crippen LogP contribution in [0, 0.1) is 5.92 Å². The largest absolute Gasteiger partial charge is 0.366 e. The van der Waals surface area contributed by atoms with Gasteiger partial charge in [-0.05, 0) is 37.1 Å². The van der Waals surface area contributed by atoms with Crippen molar-refractivity contribution in [3.8, 4) is 0 Å². The summed E-state index contributed by atoms with van der Waals surface area (Å²) in [5, 5.41) is 3.26. The van der Waals surface area contributed by atoms with E-state index in [0.29, 0.717) is 12.1 Å². The van der Waals surface area contributed by atoms with Crippen molar-refractivity contribution >= 4 is 11.8 Å². The monoisotopic (exact) mass is 275 g/mol. The van der Waals surface area contributed by atoms with Crippen LogP contribution >= 0.6 is 0 Å². The molecule has 0 spiro atoms. The first-order valence-electron chi connectivity index (χ1n) is 6.92. The SMILES string of the molecule is CN(Cc1ccc(C(N)=O)cc1)C(=O)[C@@H]1CCCNC1. The average molecular weight is 275 g/mol. The van der Waals surface area contributed by atoms with Gasteiger partial charge < -0.3 is 16.0 Å². The Morgan fingerprint density at radius 3 is 2.60 bits per heavy atom. The first-order valence-corrected chi connectivity index (χ1v) is 6.92. The van der Waals surface area contributed by atoms with Gasteiger partial charge in [0.1, 0.15) is 0 Å². The third kappa shape index (κ3) is 3.57. The molecule has 1 fully saturated rings. The number of primary amides is 1. The molecule has 20 heavy (non-hydrogen) atoms. The van der Waals surface area contributed by atoms with E-state index in [2.05, 4.69) is 5.32 Å². The molecule has 2 rings (SSSR count). The van der Waals surface area contributed by atoms with Crippen LogP contribution in [0.4, 0.5) is 0 Å². The molecule has 108 valence electrons. The third-order valence-corrected chi connectivity index (χ3v) is 3.68. The molecule has 0 aliphatic carbocycles. The van der Waals surface area contributed by atoms with Gasteiger partial charge >= 0.3 is 0 Å². The number of carbonyl (C=O) groups is 2. The topological polar surface area (TPSA) is 75.4 Å². The van der Waals surface area contributed by atoms with Gasteiger partial charge in [-0.15, -0.1) is 0 Å². The quantitative estimate of drug-likeness (QED) is 0.851. The minimum atomic E-state index is -0.436. The number of benzene rings is 1. The van der Waals surface area contributed by atoms with Crippen molar-refractivity contribution < 1.29 is 9.59 Å². The van der Waals surface area contributed by atoms with Crippen molar-refractivity contribution in [1.29, 1.82) is 0 Å². The van der Waals surface area contributed by atoms with Crippen LogP contribution < -0.4 is 11.1 Å². The van der Waals surface area contributed by atoms with Crippen LogP contribution in [-0.4, -0.2) is 36.9 Å². The second-order valence-corrected chi connectivity index (χ2v) is 5.30. The van der Waals surface area contributed by atoms with Crippen LogP contribution in [0.1, 0.15) is 28.8 Å². The van der Waals surface area contributed by atoms with Gasteiger partial charge in [0.2, 0.25) is 11.8 Å². The van der Waals surface area contributed by atoms with E-state index in [9.17, 15) is 9.59 Å². The molecule has 0 saturated carbocycles. The van der Waals surface area contributed by atoms with E-state index in [1.165, 1.54) is 0 Å². The van der Waals surface area contributed by atoms with Gasteiger partial charge in [-0.2, -0.15) is 0 Å². The number of amides is 2. The fraction of sp³-hybridized carbons (Fsp3) is 0.467. The number of nitrogens with zero attached hydrogens (tertiary/aromatic N) is 1. The fourth-order valence-electron chi connectivity index (χ4n) is 2.50. The maximum Gasteiger partial charge on any atom is 0.248 e. The summed E-state index contributed by atoms with van der Waals surface area (Å²) in [5.74, 6) is -0.177. The van der Waals surface area contributed by atoms with Crippen molar-refractivity contribution in [2.24, 2.45) is 11.7 Å². The van der Waals surface area contributed by atoms with Crippen molar-refractivity contribution in [1.82, 2.24) is 10.2 Å². The molecule has 1 aromatic carbocycles. The summed E-state index contributed by atoms with van der Waals surface area (Å²) in [5.41, 5.74) is 6.68. The molecule has 1 saturated heterocycles. The van der Waals surface area contributed by atoms with Crippen LogP contribution in [0.3, 0.4) is 0 Å². The van der Waals surface area contributed by atoms with Crippen molar-refractivity contribution in [2.75, 3.05) is 20.1 Å². The molecule has 3 N–H and O–H groups in total. The first-order chi connectivity index (χ1) is 9.58. The summed E-state index contributed by atoms with van der Waals surface area (Å²) in [7, 11) is 1.82. The number of rotatable bonds is 4. The van der Waals surface area contributed by atoms with Gasteiger partial charge in [0, 0.05) is 25.7 Å². The number of piperidine rings is 1. The maximum atomic E-state index is 12.3. The Hall–Kier alpha value is -1.88. The Morgan fingerprint density at radius 2 is 2.05 bits per heavy atom. The van der Waals surface area contributed by atoms with Gasteiger partial charge in [-0.3, -0.25) is 9.59 Å². The number of nitrogens with two attached hydrogens (primary N) is 1. The van der Waals surface area contributed by atoms with Gasteiger partial charge in [0.05, 0.1) is 5.92 Å². The molecular formula is C15H21N3O2. The molecule has 5 heteroatoms. The number of carbonyl (C=O) groups excluding carboxylic acids is 2. The summed E-state index contributed by atoms with van der Waals surface area (Å²) in [6, 6.07) is 7.06. The number of hydrogen-bond acceptors (Lipinski definition) is 3. The lowest BCUT2D eigenvalue weighted by Gasteiger charge is -2.27. The molecule has 1 aliphatic rings. The van der Waals surface area contributed by atoms with E-state index in [0.717, 1.165) is 31.5 Å². The lowest BCUT2D eigenvalue weighted by atomic mass is 9.98. The highest BCUT2D eigenvalue weighted by Crippen LogP contribution is 2.14. The molecule has 0 bridgehead atoms. The predicted octanol–water partition coefficient (Wildman–Crippen LogP) is 0.744. The Labute approximate surface area is 119 Å². The highest BCUT2D eigenvalue weighted by atomic mass is 16.2.